The average Bonchev–Trinajstić information content (AvgIpc) is 3.00. The standard InChI is InChI=1S/C15H25BrO/c1-13(2)11-4-5-14(13,3)12(8-11)17-10-15(9-16)6-7-15/h11-12H,4-10H2,1-3H3. The van der Waals surface area contributed by atoms with E-state index >= 15 is 0 Å². The number of alkyl halides is 1. The molecule has 17 heavy (non-hydrogen) atoms. The molecule has 0 N–H and O–H groups in total. The molecule has 3 aliphatic rings. The van der Waals surface area contributed by atoms with Crippen molar-refractivity contribution >= 4 is 15.9 Å². The van der Waals surface area contributed by atoms with Gasteiger partial charge in [0.1, 0.15) is 0 Å². The highest BCUT2D eigenvalue weighted by molar-refractivity contribution is 9.09. The van der Waals surface area contributed by atoms with E-state index in [1.165, 1.54) is 32.1 Å². The minimum Gasteiger partial charge on any atom is -0.377 e. The van der Waals surface area contributed by atoms with Crippen molar-refractivity contribution in [2.75, 3.05) is 11.9 Å². The van der Waals surface area contributed by atoms with Crippen LogP contribution in [-0.2, 0) is 4.74 Å². The highest BCUT2D eigenvalue weighted by Gasteiger charge is 2.62. The fourth-order valence-corrected chi connectivity index (χ4v) is 4.88. The van der Waals surface area contributed by atoms with Gasteiger partial charge in [0, 0.05) is 10.7 Å². The number of hydrogen-bond donors (Lipinski definition) is 0. The van der Waals surface area contributed by atoms with Crippen molar-refractivity contribution in [3.05, 3.63) is 0 Å². The molecule has 0 aromatic heterocycles. The Morgan fingerprint density at radius 3 is 2.29 bits per heavy atom. The van der Waals surface area contributed by atoms with E-state index in [1.54, 1.807) is 0 Å². The molecule has 1 nitrogen and oxygen atoms in total. The van der Waals surface area contributed by atoms with Crippen LogP contribution in [0.5, 0.6) is 0 Å². The molecule has 3 rings (SSSR count). The highest BCUT2D eigenvalue weighted by atomic mass is 79.9. The van der Waals surface area contributed by atoms with E-state index in [1.807, 2.05) is 0 Å². The van der Waals surface area contributed by atoms with Gasteiger partial charge in [-0.15, -0.1) is 0 Å². The van der Waals surface area contributed by atoms with Crippen molar-refractivity contribution < 1.29 is 4.74 Å². The van der Waals surface area contributed by atoms with Gasteiger partial charge in [-0.25, -0.2) is 0 Å². The van der Waals surface area contributed by atoms with Gasteiger partial charge in [0.2, 0.25) is 0 Å². The maximum absolute atomic E-state index is 6.36. The van der Waals surface area contributed by atoms with Gasteiger partial charge in [-0.3, -0.25) is 0 Å². The molecule has 0 radical (unpaired) electrons. The van der Waals surface area contributed by atoms with E-state index in [0.29, 0.717) is 22.3 Å². The Morgan fingerprint density at radius 1 is 1.18 bits per heavy atom. The molecule has 0 heterocycles. The summed E-state index contributed by atoms with van der Waals surface area (Å²) in [5.74, 6) is 0.900. The summed E-state index contributed by atoms with van der Waals surface area (Å²) in [5, 5.41) is 1.12. The summed E-state index contributed by atoms with van der Waals surface area (Å²) in [5.41, 5.74) is 1.42. The van der Waals surface area contributed by atoms with Crippen LogP contribution >= 0.6 is 15.9 Å². The minimum atomic E-state index is 0.431. The molecule has 3 saturated carbocycles. The van der Waals surface area contributed by atoms with Crippen molar-refractivity contribution in [2.24, 2.45) is 22.2 Å². The first-order valence-corrected chi connectivity index (χ1v) is 8.23. The zero-order chi connectivity index (χ0) is 12.3. The lowest BCUT2D eigenvalue weighted by atomic mass is 9.70. The fraction of sp³-hybridized carbons (Fsp3) is 1.00. The third-order valence-corrected chi connectivity index (χ3v) is 7.73. The first-order valence-electron chi connectivity index (χ1n) is 7.11. The van der Waals surface area contributed by atoms with Gasteiger partial charge in [-0.05, 0) is 48.9 Å². The van der Waals surface area contributed by atoms with Crippen LogP contribution in [0.3, 0.4) is 0 Å². The van der Waals surface area contributed by atoms with E-state index in [2.05, 4.69) is 36.7 Å². The normalized spacial score (nSPS) is 45.2. The molecule has 2 bridgehead atoms. The van der Waals surface area contributed by atoms with E-state index < -0.39 is 0 Å². The second-order valence-electron chi connectivity index (χ2n) is 7.54. The van der Waals surface area contributed by atoms with Crippen molar-refractivity contribution in [1.29, 1.82) is 0 Å². The van der Waals surface area contributed by atoms with Crippen molar-refractivity contribution in [1.82, 2.24) is 0 Å². The summed E-state index contributed by atoms with van der Waals surface area (Å²) in [6, 6.07) is 0. The molecule has 0 spiro atoms. The molecule has 0 aromatic rings. The number of fused-ring (bicyclic) bond motifs is 2. The summed E-state index contributed by atoms with van der Waals surface area (Å²) in [4.78, 5) is 0. The van der Waals surface area contributed by atoms with E-state index in [9.17, 15) is 0 Å². The van der Waals surface area contributed by atoms with Crippen molar-refractivity contribution in [2.45, 2.75) is 59.0 Å². The van der Waals surface area contributed by atoms with Gasteiger partial charge in [0.25, 0.3) is 0 Å². The molecular weight excluding hydrogens is 276 g/mol. The van der Waals surface area contributed by atoms with Crippen LogP contribution in [0.2, 0.25) is 0 Å². The summed E-state index contributed by atoms with van der Waals surface area (Å²) >= 11 is 3.64. The number of rotatable bonds is 4. The Bertz CT molecular complexity index is 321. The lowest BCUT2D eigenvalue weighted by Gasteiger charge is -2.39. The molecule has 3 unspecified atom stereocenters. The number of hydrogen-bond acceptors (Lipinski definition) is 1. The van der Waals surface area contributed by atoms with Crippen LogP contribution in [0.4, 0.5) is 0 Å². The predicted octanol–water partition coefficient (Wildman–Crippen LogP) is 4.39. The largest absolute Gasteiger partial charge is 0.377 e. The molecule has 0 aromatic carbocycles. The molecule has 0 aliphatic heterocycles. The Hall–Kier alpha value is 0.440. The summed E-state index contributed by atoms with van der Waals surface area (Å²) in [6.07, 6.45) is 7.34. The van der Waals surface area contributed by atoms with E-state index in [4.69, 9.17) is 4.74 Å². The zero-order valence-electron chi connectivity index (χ0n) is 11.4. The quantitative estimate of drug-likeness (QED) is 0.700. The zero-order valence-corrected chi connectivity index (χ0v) is 13.0. The lowest BCUT2D eigenvalue weighted by molar-refractivity contribution is -0.0597. The van der Waals surface area contributed by atoms with Crippen LogP contribution in [0.1, 0.15) is 52.9 Å². The van der Waals surface area contributed by atoms with Gasteiger partial charge in [-0.1, -0.05) is 36.7 Å². The Labute approximate surface area is 114 Å². The van der Waals surface area contributed by atoms with E-state index in [-0.39, 0.29) is 0 Å². The Morgan fingerprint density at radius 2 is 1.88 bits per heavy atom. The van der Waals surface area contributed by atoms with Crippen LogP contribution in [0.25, 0.3) is 0 Å². The van der Waals surface area contributed by atoms with Crippen LogP contribution in [-0.4, -0.2) is 18.0 Å². The predicted molar refractivity (Wildman–Crippen MR) is 74.4 cm³/mol. The molecular formula is C15H25BrO. The first kappa shape index (κ1) is 12.5. The Kier molecular flexibility index (Phi) is 2.73. The summed E-state index contributed by atoms with van der Waals surface area (Å²) in [6.45, 7) is 8.39. The fourth-order valence-electron chi connectivity index (χ4n) is 4.15. The summed E-state index contributed by atoms with van der Waals surface area (Å²) < 4.78 is 6.36. The topological polar surface area (TPSA) is 9.23 Å². The van der Waals surface area contributed by atoms with Gasteiger partial charge >= 0.3 is 0 Å². The smallest absolute Gasteiger partial charge is 0.0637 e. The van der Waals surface area contributed by atoms with Crippen molar-refractivity contribution in [3.63, 3.8) is 0 Å². The van der Waals surface area contributed by atoms with Crippen LogP contribution < -0.4 is 0 Å². The van der Waals surface area contributed by atoms with Gasteiger partial charge in [0.05, 0.1) is 12.7 Å². The molecule has 3 atom stereocenters. The second kappa shape index (κ2) is 3.72. The van der Waals surface area contributed by atoms with Crippen molar-refractivity contribution in [3.8, 4) is 0 Å². The Balaban J connectivity index is 1.66. The second-order valence-corrected chi connectivity index (χ2v) is 8.10. The molecule has 0 amide bonds. The first-order chi connectivity index (χ1) is 7.94. The number of ether oxygens (including phenoxy) is 1. The maximum atomic E-state index is 6.36. The molecule has 3 fully saturated rings. The lowest BCUT2D eigenvalue weighted by Crippen LogP contribution is -2.38. The van der Waals surface area contributed by atoms with Crippen LogP contribution in [0, 0.1) is 22.2 Å². The van der Waals surface area contributed by atoms with Crippen LogP contribution in [0.15, 0.2) is 0 Å². The molecule has 0 saturated heterocycles. The van der Waals surface area contributed by atoms with Gasteiger partial charge in [-0.2, -0.15) is 0 Å². The minimum absolute atomic E-state index is 0.431. The molecule has 98 valence electrons. The number of halogens is 1. The van der Waals surface area contributed by atoms with E-state index in [0.717, 1.165) is 17.9 Å². The van der Waals surface area contributed by atoms with Gasteiger partial charge in [0.15, 0.2) is 0 Å². The third-order valence-electron chi connectivity index (χ3n) is 6.55. The maximum Gasteiger partial charge on any atom is 0.0637 e. The third kappa shape index (κ3) is 1.66. The SMILES string of the molecule is CC1(C)C2CCC1(C)C(OCC1(CBr)CC1)C2. The highest BCUT2D eigenvalue weighted by Crippen LogP contribution is 2.66. The average molecular weight is 301 g/mol. The van der Waals surface area contributed by atoms with Gasteiger partial charge < -0.3 is 4.74 Å². The molecule has 2 heteroatoms. The summed E-state index contributed by atoms with van der Waals surface area (Å²) in [7, 11) is 0. The molecule has 3 aliphatic carbocycles. The monoisotopic (exact) mass is 300 g/mol.